The van der Waals surface area contributed by atoms with Gasteiger partial charge >= 0.3 is 0 Å². The predicted octanol–water partition coefficient (Wildman–Crippen LogP) is 7.43. The molecule has 31 heavy (non-hydrogen) atoms. The van der Waals surface area contributed by atoms with Crippen LogP contribution in [0.5, 0.6) is 0 Å². The third-order valence-corrected chi connectivity index (χ3v) is 6.27. The van der Waals surface area contributed by atoms with Crippen molar-refractivity contribution < 1.29 is 0 Å². The molecule has 3 nitrogen and oxygen atoms in total. The van der Waals surface area contributed by atoms with Gasteiger partial charge in [-0.3, -0.25) is 9.97 Å². The van der Waals surface area contributed by atoms with Gasteiger partial charge in [0.15, 0.2) is 0 Å². The SMILES string of the molecule is Brc1ccc(-c2cc3ccc(-c4ccccc4)nc3c3ncccc23)c2cccnc12. The Bertz CT molecular complexity index is 1590. The second kappa shape index (κ2) is 7.25. The molecule has 4 heteroatoms. The number of fused-ring (bicyclic) bond motifs is 4. The van der Waals surface area contributed by atoms with Crippen molar-refractivity contribution in [2.45, 2.75) is 0 Å². The zero-order chi connectivity index (χ0) is 20.8. The average molecular weight is 462 g/mol. The second-order valence-corrected chi connectivity index (χ2v) is 8.31. The Labute approximate surface area is 187 Å². The highest BCUT2D eigenvalue weighted by Crippen LogP contribution is 2.38. The van der Waals surface area contributed by atoms with Gasteiger partial charge in [0.1, 0.15) is 0 Å². The van der Waals surface area contributed by atoms with Gasteiger partial charge in [-0.1, -0.05) is 54.6 Å². The van der Waals surface area contributed by atoms with E-state index >= 15 is 0 Å². The summed E-state index contributed by atoms with van der Waals surface area (Å²) in [6.45, 7) is 0. The minimum absolute atomic E-state index is 0.910. The molecular weight excluding hydrogens is 446 g/mol. The van der Waals surface area contributed by atoms with Crippen molar-refractivity contribution in [3.8, 4) is 22.4 Å². The first-order valence-corrected chi connectivity index (χ1v) is 10.9. The highest BCUT2D eigenvalue weighted by atomic mass is 79.9. The van der Waals surface area contributed by atoms with Gasteiger partial charge in [0.2, 0.25) is 0 Å². The van der Waals surface area contributed by atoms with Crippen LogP contribution < -0.4 is 0 Å². The maximum atomic E-state index is 5.00. The molecule has 0 bridgehead atoms. The number of halogens is 1. The lowest BCUT2D eigenvalue weighted by Crippen LogP contribution is -1.92. The van der Waals surface area contributed by atoms with Crippen LogP contribution >= 0.6 is 15.9 Å². The van der Waals surface area contributed by atoms with Crippen molar-refractivity contribution in [2.24, 2.45) is 0 Å². The molecule has 6 rings (SSSR count). The van der Waals surface area contributed by atoms with Crippen molar-refractivity contribution in [1.82, 2.24) is 15.0 Å². The first kappa shape index (κ1) is 18.2. The average Bonchev–Trinajstić information content (AvgIpc) is 2.84. The number of pyridine rings is 3. The molecule has 0 amide bonds. The van der Waals surface area contributed by atoms with E-state index in [9.17, 15) is 0 Å². The van der Waals surface area contributed by atoms with Gasteiger partial charge in [-0.25, -0.2) is 4.98 Å². The number of benzene rings is 3. The highest BCUT2D eigenvalue weighted by molar-refractivity contribution is 9.10. The Kier molecular flexibility index (Phi) is 4.25. The van der Waals surface area contributed by atoms with Gasteiger partial charge in [0, 0.05) is 38.6 Å². The lowest BCUT2D eigenvalue weighted by atomic mass is 9.94. The van der Waals surface area contributed by atoms with E-state index in [1.165, 1.54) is 0 Å². The minimum Gasteiger partial charge on any atom is -0.255 e. The van der Waals surface area contributed by atoms with Crippen LogP contribution in [0.1, 0.15) is 0 Å². The van der Waals surface area contributed by atoms with E-state index in [1.807, 2.05) is 42.7 Å². The van der Waals surface area contributed by atoms with E-state index in [2.05, 4.69) is 75.5 Å². The molecule has 0 aliphatic heterocycles. The van der Waals surface area contributed by atoms with Gasteiger partial charge in [-0.15, -0.1) is 0 Å². The van der Waals surface area contributed by atoms with Crippen LogP contribution in [0, 0.1) is 0 Å². The van der Waals surface area contributed by atoms with Crippen molar-refractivity contribution in [3.05, 3.63) is 102 Å². The van der Waals surface area contributed by atoms with Crippen LogP contribution in [-0.4, -0.2) is 15.0 Å². The summed E-state index contributed by atoms with van der Waals surface area (Å²) >= 11 is 3.64. The predicted molar refractivity (Wildman–Crippen MR) is 131 cm³/mol. The first-order valence-electron chi connectivity index (χ1n) is 10.1. The zero-order valence-corrected chi connectivity index (χ0v) is 18.0. The van der Waals surface area contributed by atoms with Crippen LogP contribution in [0.15, 0.2) is 102 Å². The van der Waals surface area contributed by atoms with Crippen molar-refractivity contribution in [3.63, 3.8) is 0 Å². The van der Waals surface area contributed by atoms with E-state index in [-0.39, 0.29) is 0 Å². The molecule has 0 unspecified atom stereocenters. The summed E-state index contributed by atoms with van der Waals surface area (Å²) in [4.78, 5) is 14.3. The molecule has 0 N–H and O–H groups in total. The zero-order valence-electron chi connectivity index (χ0n) is 16.5. The fourth-order valence-electron chi connectivity index (χ4n) is 4.19. The van der Waals surface area contributed by atoms with Crippen LogP contribution in [-0.2, 0) is 0 Å². The Balaban J connectivity index is 1.68. The fraction of sp³-hybridized carbons (Fsp3) is 0. The molecule has 0 fully saturated rings. The molecule has 146 valence electrons. The second-order valence-electron chi connectivity index (χ2n) is 7.45. The molecule has 0 aliphatic rings. The number of aromatic nitrogens is 3. The molecule has 3 heterocycles. The molecule has 3 aromatic heterocycles. The standard InChI is InChI=1S/C27H16BrN3/c28-23-12-11-19(20-8-4-14-29-26(20)23)22-16-18-10-13-24(17-6-2-1-3-7-17)31-25(18)27-21(22)9-5-15-30-27/h1-16H. The monoisotopic (exact) mass is 461 g/mol. The Hall–Kier alpha value is -3.63. The van der Waals surface area contributed by atoms with Crippen molar-refractivity contribution >= 4 is 48.6 Å². The van der Waals surface area contributed by atoms with E-state index in [1.54, 1.807) is 0 Å². The number of rotatable bonds is 2. The van der Waals surface area contributed by atoms with Crippen LogP contribution in [0.2, 0.25) is 0 Å². The number of nitrogens with zero attached hydrogens (tertiary/aromatic N) is 3. The summed E-state index contributed by atoms with van der Waals surface area (Å²) < 4.78 is 0.990. The smallest absolute Gasteiger partial charge is 0.0972 e. The summed E-state index contributed by atoms with van der Waals surface area (Å²) in [6, 6.07) is 29.1. The van der Waals surface area contributed by atoms with E-state index in [4.69, 9.17) is 9.97 Å². The number of hydrogen-bond donors (Lipinski definition) is 0. The molecule has 6 aromatic rings. The molecular formula is C27H16BrN3. The normalized spacial score (nSPS) is 11.4. The third-order valence-electron chi connectivity index (χ3n) is 5.63. The highest BCUT2D eigenvalue weighted by Gasteiger charge is 2.14. The Morgan fingerprint density at radius 3 is 2.13 bits per heavy atom. The molecule has 0 saturated heterocycles. The van der Waals surface area contributed by atoms with Gasteiger partial charge in [-0.2, -0.15) is 0 Å². The topological polar surface area (TPSA) is 38.7 Å². The maximum absolute atomic E-state index is 5.00. The molecule has 3 aromatic carbocycles. The van der Waals surface area contributed by atoms with Crippen molar-refractivity contribution in [2.75, 3.05) is 0 Å². The lowest BCUT2D eigenvalue weighted by Gasteiger charge is -2.13. The van der Waals surface area contributed by atoms with E-state index < -0.39 is 0 Å². The lowest BCUT2D eigenvalue weighted by molar-refractivity contribution is 1.37. The Morgan fingerprint density at radius 2 is 1.32 bits per heavy atom. The first-order chi connectivity index (χ1) is 15.3. The van der Waals surface area contributed by atoms with E-state index in [0.29, 0.717) is 0 Å². The third kappa shape index (κ3) is 2.99. The maximum Gasteiger partial charge on any atom is 0.0972 e. The van der Waals surface area contributed by atoms with Crippen LogP contribution in [0.3, 0.4) is 0 Å². The summed E-state index contributed by atoms with van der Waals surface area (Å²) in [6.07, 6.45) is 3.66. The van der Waals surface area contributed by atoms with Gasteiger partial charge in [0.25, 0.3) is 0 Å². The molecule has 0 radical (unpaired) electrons. The summed E-state index contributed by atoms with van der Waals surface area (Å²) in [5.74, 6) is 0. The van der Waals surface area contributed by atoms with Gasteiger partial charge in [-0.05, 0) is 57.4 Å². The van der Waals surface area contributed by atoms with Crippen LogP contribution in [0.25, 0.3) is 55.1 Å². The van der Waals surface area contributed by atoms with Gasteiger partial charge < -0.3 is 0 Å². The molecule has 0 spiro atoms. The fourth-order valence-corrected chi connectivity index (χ4v) is 4.63. The van der Waals surface area contributed by atoms with Crippen LogP contribution in [0.4, 0.5) is 0 Å². The summed E-state index contributed by atoms with van der Waals surface area (Å²) in [5, 5.41) is 3.26. The largest absolute Gasteiger partial charge is 0.255 e. The number of hydrogen-bond acceptors (Lipinski definition) is 3. The minimum atomic E-state index is 0.910. The molecule has 0 saturated carbocycles. The Morgan fingerprint density at radius 1 is 0.581 bits per heavy atom. The molecule has 0 atom stereocenters. The summed E-state index contributed by atoms with van der Waals surface area (Å²) in [5.41, 5.74) is 7.10. The van der Waals surface area contributed by atoms with Crippen molar-refractivity contribution in [1.29, 1.82) is 0 Å². The molecule has 0 aliphatic carbocycles. The summed E-state index contributed by atoms with van der Waals surface area (Å²) in [7, 11) is 0. The van der Waals surface area contributed by atoms with Gasteiger partial charge in [0.05, 0.1) is 22.2 Å². The quantitative estimate of drug-likeness (QED) is 0.251. The van der Waals surface area contributed by atoms with E-state index in [0.717, 1.165) is 59.6 Å².